The zero-order valence-electron chi connectivity index (χ0n) is 12.3. The third-order valence-corrected chi connectivity index (χ3v) is 4.19. The SMILES string of the molecule is CC1CCC(C(NN)c2ccc(-c3ccccc3)cc2)O1. The monoisotopic (exact) mass is 282 g/mol. The first-order chi connectivity index (χ1) is 10.3. The molecule has 3 atom stereocenters. The number of nitrogens with two attached hydrogens (primary N) is 1. The molecule has 21 heavy (non-hydrogen) atoms. The molecule has 1 aliphatic heterocycles. The van der Waals surface area contributed by atoms with Crippen molar-refractivity contribution >= 4 is 0 Å². The molecular formula is C18H22N2O. The van der Waals surface area contributed by atoms with E-state index in [-0.39, 0.29) is 12.1 Å². The predicted molar refractivity (Wildman–Crippen MR) is 85.5 cm³/mol. The van der Waals surface area contributed by atoms with Crippen LogP contribution in [0.15, 0.2) is 54.6 Å². The molecule has 3 rings (SSSR count). The van der Waals surface area contributed by atoms with E-state index < -0.39 is 0 Å². The molecule has 0 saturated carbocycles. The van der Waals surface area contributed by atoms with Gasteiger partial charge in [-0.2, -0.15) is 0 Å². The minimum absolute atomic E-state index is 0.0553. The average molecular weight is 282 g/mol. The van der Waals surface area contributed by atoms with E-state index in [0.29, 0.717) is 6.10 Å². The zero-order valence-corrected chi connectivity index (χ0v) is 12.3. The molecule has 110 valence electrons. The van der Waals surface area contributed by atoms with Gasteiger partial charge in [-0.3, -0.25) is 11.3 Å². The van der Waals surface area contributed by atoms with Crippen LogP contribution in [0.4, 0.5) is 0 Å². The van der Waals surface area contributed by atoms with Gasteiger partial charge in [-0.25, -0.2) is 0 Å². The maximum absolute atomic E-state index is 5.94. The quantitative estimate of drug-likeness (QED) is 0.667. The van der Waals surface area contributed by atoms with Crippen LogP contribution in [0.1, 0.15) is 31.4 Å². The van der Waals surface area contributed by atoms with Gasteiger partial charge in [0.05, 0.1) is 18.2 Å². The van der Waals surface area contributed by atoms with Gasteiger partial charge in [0.1, 0.15) is 0 Å². The Morgan fingerprint density at radius 1 is 1.00 bits per heavy atom. The lowest BCUT2D eigenvalue weighted by atomic mass is 9.97. The van der Waals surface area contributed by atoms with Crippen LogP contribution in [0.25, 0.3) is 11.1 Å². The maximum atomic E-state index is 5.94. The molecule has 0 aromatic heterocycles. The number of rotatable bonds is 4. The van der Waals surface area contributed by atoms with Gasteiger partial charge >= 0.3 is 0 Å². The Balaban J connectivity index is 1.79. The van der Waals surface area contributed by atoms with Gasteiger partial charge in [-0.15, -0.1) is 0 Å². The Hall–Kier alpha value is -1.68. The highest BCUT2D eigenvalue weighted by atomic mass is 16.5. The third kappa shape index (κ3) is 3.16. The van der Waals surface area contributed by atoms with Crippen LogP contribution in [-0.4, -0.2) is 12.2 Å². The topological polar surface area (TPSA) is 47.3 Å². The second-order valence-corrected chi connectivity index (χ2v) is 5.69. The Morgan fingerprint density at radius 3 is 2.24 bits per heavy atom. The summed E-state index contributed by atoms with van der Waals surface area (Å²) in [7, 11) is 0. The minimum Gasteiger partial charge on any atom is -0.373 e. The van der Waals surface area contributed by atoms with Crippen LogP contribution in [-0.2, 0) is 4.74 Å². The molecule has 1 saturated heterocycles. The summed E-state index contributed by atoms with van der Waals surface area (Å²) < 4.78 is 5.94. The van der Waals surface area contributed by atoms with E-state index in [1.165, 1.54) is 16.7 Å². The summed E-state index contributed by atoms with van der Waals surface area (Å²) in [4.78, 5) is 0. The smallest absolute Gasteiger partial charge is 0.0787 e. The van der Waals surface area contributed by atoms with Crippen molar-refractivity contribution in [2.75, 3.05) is 0 Å². The van der Waals surface area contributed by atoms with Gasteiger partial charge in [0.2, 0.25) is 0 Å². The lowest BCUT2D eigenvalue weighted by molar-refractivity contribution is 0.0316. The Bertz CT molecular complexity index is 568. The minimum atomic E-state index is 0.0553. The number of hydrogen-bond donors (Lipinski definition) is 2. The van der Waals surface area contributed by atoms with Crippen LogP contribution in [0.2, 0.25) is 0 Å². The molecule has 2 aromatic carbocycles. The van der Waals surface area contributed by atoms with Crippen LogP contribution in [0.5, 0.6) is 0 Å². The third-order valence-electron chi connectivity index (χ3n) is 4.19. The first-order valence-electron chi connectivity index (χ1n) is 7.55. The number of hydrazine groups is 1. The summed E-state index contributed by atoms with van der Waals surface area (Å²) in [6, 6.07) is 19.0. The lowest BCUT2D eigenvalue weighted by Crippen LogP contribution is -2.36. The van der Waals surface area contributed by atoms with Gasteiger partial charge < -0.3 is 4.74 Å². The second-order valence-electron chi connectivity index (χ2n) is 5.69. The van der Waals surface area contributed by atoms with Crippen molar-refractivity contribution < 1.29 is 4.74 Å². The molecule has 0 bridgehead atoms. The van der Waals surface area contributed by atoms with Gasteiger partial charge in [0, 0.05) is 0 Å². The summed E-state index contributed by atoms with van der Waals surface area (Å²) >= 11 is 0. The number of hydrogen-bond acceptors (Lipinski definition) is 3. The average Bonchev–Trinajstić information content (AvgIpc) is 2.96. The fraction of sp³-hybridized carbons (Fsp3) is 0.333. The van der Waals surface area contributed by atoms with Crippen molar-refractivity contribution in [2.24, 2.45) is 5.84 Å². The summed E-state index contributed by atoms with van der Waals surface area (Å²) in [5.41, 5.74) is 6.54. The fourth-order valence-corrected chi connectivity index (χ4v) is 3.01. The Morgan fingerprint density at radius 2 is 1.67 bits per heavy atom. The van der Waals surface area contributed by atoms with Crippen molar-refractivity contribution in [3.05, 3.63) is 60.2 Å². The number of ether oxygens (including phenoxy) is 1. The number of benzene rings is 2. The summed E-state index contributed by atoms with van der Waals surface area (Å²) in [5, 5.41) is 0. The van der Waals surface area contributed by atoms with Gasteiger partial charge in [0.15, 0.2) is 0 Å². The Kier molecular flexibility index (Phi) is 4.34. The van der Waals surface area contributed by atoms with E-state index in [1.54, 1.807) is 0 Å². The maximum Gasteiger partial charge on any atom is 0.0787 e. The molecule has 3 heteroatoms. The van der Waals surface area contributed by atoms with Crippen LogP contribution in [0, 0.1) is 0 Å². The fourth-order valence-electron chi connectivity index (χ4n) is 3.01. The first-order valence-corrected chi connectivity index (χ1v) is 7.55. The molecular weight excluding hydrogens is 260 g/mol. The normalized spacial score (nSPS) is 23.1. The van der Waals surface area contributed by atoms with E-state index in [9.17, 15) is 0 Å². The largest absolute Gasteiger partial charge is 0.373 e. The highest BCUT2D eigenvalue weighted by Gasteiger charge is 2.29. The van der Waals surface area contributed by atoms with Gasteiger partial charge in [-0.1, -0.05) is 54.6 Å². The summed E-state index contributed by atoms with van der Waals surface area (Å²) in [6.45, 7) is 2.12. The molecule has 0 spiro atoms. The standard InChI is InChI=1S/C18H22N2O/c1-13-7-12-17(21-13)18(20-19)16-10-8-15(9-11-16)14-5-3-2-4-6-14/h2-6,8-11,13,17-18,20H,7,12,19H2,1H3. The van der Waals surface area contributed by atoms with E-state index in [2.05, 4.69) is 60.9 Å². The molecule has 0 amide bonds. The first kappa shape index (κ1) is 14.3. The van der Waals surface area contributed by atoms with Crippen molar-refractivity contribution in [1.29, 1.82) is 0 Å². The highest BCUT2D eigenvalue weighted by molar-refractivity contribution is 5.63. The van der Waals surface area contributed by atoms with Crippen molar-refractivity contribution in [2.45, 2.75) is 38.0 Å². The molecule has 3 nitrogen and oxygen atoms in total. The molecule has 1 aliphatic rings. The van der Waals surface area contributed by atoms with E-state index >= 15 is 0 Å². The molecule has 1 fully saturated rings. The second kappa shape index (κ2) is 6.39. The van der Waals surface area contributed by atoms with Crippen molar-refractivity contribution in [1.82, 2.24) is 5.43 Å². The van der Waals surface area contributed by atoms with Crippen LogP contribution in [0.3, 0.4) is 0 Å². The molecule has 0 radical (unpaired) electrons. The van der Waals surface area contributed by atoms with E-state index in [0.717, 1.165) is 12.8 Å². The molecule has 2 aromatic rings. The zero-order chi connectivity index (χ0) is 14.7. The van der Waals surface area contributed by atoms with Crippen molar-refractivity contribution in [3.8, 4) is 11.1 Å². The molecule has 3 N–H and O–H groups in total. The Labute approximate surface area is 126 Å². The summed E-state index contributed by atoms with van der Waals surface area (Å²) in [6.07, 6.45) is 2.64. The van der Waals surface area contributed by atoms with Crippen LogP contribution < -0.4 is 11.3 Å². The summed E-state index contributed by atoms with van der Waals surface area (Å²) in [5.74, 6) is 5.75. The highest BCUT2D eigenvalue weighted by Crippen LogP contribution is 2.30. The number of nitrogens with one attached hydrogen (secondary N) is 1. The van der Waals surface area contributed by atoms with Crippen molar-refractivity contribution in [3.63, 3.8) is 0 Å². The van der Waals surface area contributed by atoms with Crippen LogP contribution >= 0.6 is 0 Å². The van der Waals surface area contributed by atoms with E-state index in [1.807, 2.05) is 6.07 Å². The van der Waals surface area contributed by atoms with E-state index in [4.69, 9.17) is 10.6 Å². The van der Waals surface area contributed by atoms with Gasteiger partial charge in [-0.05, 0) is 36.5 Å². The molecule has 3 unspecified atom stereocenters. The predicted octanol–water partition coefficient (Wildman–Crippen LogP) is 3.43. The molecule has 1 heterocycles. The lowest BCUT2D eigenvalue weighted by Gasteiger charge is -2.23. The molecule has 0 aliphatic carbocycles. The van der Waals surface area contributed by atoms with Gasteiger partial charge in [0.25, 0.3) is 0 Å².